The van der Waals surface area contributed by atoms with Crippen LogP contribution in [0, 0.1) is 0 Å². The summed E-state index contributed by atoms with van der Waals surface area (Å²) in [7, 11) is -3.42. The Bertz CT molecular complexity index is 1260. The summed E-state index contributed by atoms with van der Waals surface area (Å²) in [6.45, 7) is 5.17. The molecule has 0 radical (unpaired) electrons. The lowest BCUT2D eigenvalue weighted by Crippen LogP contribution is -2.34. The van der Waals surface area contributed by atoms with E-state index in [-0.39, 0.29) is 12.7 Å². The highest BCUT2D eigenvalue weighted by Gasteiger charge is 2.39. The zero-order chi connectivity index (χ0) is 28.7. The number of ether oxygens (including phenoxy) is 2. The zero-order valence-corrected chi connectivity index (χ0v) is 22.5. The first-order chi connectivity index (χ1) is 17.3. The first-order valence-corrected chi connectivity index (χ1v) is 13.3. The lowest BCUT2D eigenvalue weighted by Gasteiger charge is -2.33. The van der Waals surface area contributed by atoms with Crippen molar-refractivity contribution in [1.82, 2.24) is 4.31 Å². The van der Waals surface area contributed by atoms with Gasteiger partial charge in [0.2, 0.25) is 10.0 Å². The van der Waals surface area contributed by atoms with Gasteiger partial charge in [0.15, 0.2) is 6.61 Å². The van der Waals surface area contributed by atoms with Crippen LogP contribution in [0.1, 0.15) is 68.8 Å². The van der Waals surface area contributed by atoms with Gasteiger partial charge in [-0.25, -0.2) is 22.0 Å². The number of carbonyl (C=O) groups is 1. The Hall–Kier alpha value is -2.73. The van der Waals surface area contributed by atoms with Crippen LogP contribution in [0.3, 0.4) is 0 Å². The monoisotopic (exact) mass is 563 g/mol. The van der Waals surface area contributed by atoms with E-state index in [0.717, 1.165) is 4.31 Å². The lowest BCUT2D eigenvalue weighted by molar-refractivity contribution is -0.157. The standard InChI is InChI=1S/C26H30F5NO5S/c1-24(2,3)37-23(33)15-36-22-11-7-8-19-20(22)9-6-10-21(19)32(5)38(34,35)18-13-16(25(4,27)28)12-17(14-18)26(29,30)31/h7-8,11-14,21H,6,9-10,15H2,1-5H3. The van der Waals surface area contributed by atoms with Crippen LogP contribution in [0.25, 0.3) is 0 Å². The second kappa shape index (κ2) is 10.4. The molecular weight excluding hydrogens is 533 g/mol. The van der Waals surface area contributed by atoms with Crippen LogP contribution in [0.2, 0.25) is 0 Å². The Balaban J connectivity index is 1.96. The fraction of sp³-hybridized carbons (Fsp3) is 0.500. The molecule has 2 aromatic carbocycles. The second-order valence-electron chi connectivity index (χ2n) is 10.3. The van der Waals surface area contributed by atoms with Crippen molar-refractivity contribution in [1.29, 1.82) is 0 Å². The van der Waals surface area contributed by atoms with Crippen LogP contribution in [0.5, 0.6) is 5.75 Å². The van der Waals surface area contributed by atoms with Gasteiger partial charge in [0.1, 0.15) is 11.4 Å². The van der Waals surface area contributed by atoms with Crippen molar-refractivity contribution in [3.63, 3.8) is 0 Å². The SMILES string of the molecule is CN(C1CCCc2c(OCC(=O)OC(C)(C)C)cccc21)S(=O)(=O)c1cc(C(C)(F)F)cc(C(F)(F)F)c1. The van der Waals surface area contributed by atoms with E-state index >= 15 is 0 Å². The summed E-state index contributed by atoms with van der Waals surface area (Å²) in [5.74, 6) is -3.92. The molecule has 0 bridgehead atoms. The number of rotatable bonds is 7. The molecule has 3 rings (SSSR count). The molecule has 0 saturated heterocycles. The number of alkyl halides is 5. The Kier molecular flexibility index (Phi) is 8.19. The first kappa shape index (κ1) is 29.8. The molecule has 0 saturated carbocycles. The van der Waals surface area contributed by atoms with Crippen molar-refractivity contribution < 1.29 is 44.6 Å². The Labute approximate surface area is 218 Å². The maximum atomic E-state index is 14.0. The summed E-state index contributed by atoms with van der Waals surface area (Å²) in [4.78, 5) is 11.2. The van der Waals surface area contributed by atoms with Crippen LogP contribution in [0.15, 0.2) is 41.3 Å². The molecule has 1 atom stereocenters. The molecule has 6 nitrogen and oxygen atoms in total. The van der Waals surface area contributed by atoms with Gasteiger partial charge >= 0.3 is 12.1 Å². The van der Waals surface area contributed by atoms with Gasteiger partial charge in [0, 0.05) is 19.5 Å². The summed E-state index contributed by atoms with van der Waals surface area (Å²) in [5, 5.41) is 0. The van der Waals surface area contributed by atoms with E-state index in [9.17, 15) is 35.2 Å². The van der Waals surface area contributed by atoms with Crippen LogP contribution < -0.4 is 4.74 Å². The molecule has 210 valence electrons. The van der Waals surface area contributed by atoms with Crippen molar-refractivity contribution in [2.24, 2.45) is 0 Å². The number of carbonyl (C=O) groups excluding carboxylic acids is 1. The number of hydrogen-bond donors (Lipinski definition) is 0. The van der Waals surface area contributed by atoms with E-state index < -0.39 is 55.8 Å². The van der Waals surface area contributed by atoms with Crippen LogP contribution in [-0.2, 0) is 38.1 Å². The number of halogens is 5. The minimum absolute atomic E-state index is 0.253. The third-order valence-electron chi connectivity index (χ3n) is 6.05. The molecule has 1 aliphatic rings. The van der Waals surface area contributed by atoms with E-state index in [1.54, 1.807) is 39.0 Å². The van der Waals surface area contributed by atoms with E-state index in [1.807, 2.05) is 0 Å². The molecule has 38 heavy (non-hydrogen) atoms. The summed E-state index contributed by atoms with van der Waals surface area (Å²) in [6, 6.07) is 5.31. The second-order valence-corrected chi connectivity index (χ2v) is 12.3. The zero-order valence-electron chi connectivity index (χ0n) is 21.7. The number of sulfonamides is 1. The van der Waals surface area contributed by atoms with Crippen molar-refractivity contribution in [2.75, 3.05) is 13.7 Å². The van der Waals surface area contributed by atoms with Gasteiger partial charge in [0.05, 0.1) is 16.5 Å². The van der Waals surface area contributed by atoms with E-state index in [0.29, 0.717) is 55.2 Å². The number of hydrogen-bond acceptors (Lipinski definition) is 5. The molecule has 0 aliphatic heterocycles. The van der Waals surface area contributed by atoms with E-state index in [1.165, 1.54) is 7.05 Å². The fourth-order valence-electron chi connectivity index (χ4n) is 4.31. The van der Waals surface area contributed by atoms with Gasteiger partial charge in [-0.1, -0.05) is 12.1 Å². The van der Waals surface area contributed by atoms with E-state index in [4.69, 9.17) is 9.47 Å². The quantitative estimate of drug-likeness (QED) is 0.295. The maximum Gasteiger partial charge on any atom is 0.416 e. The average Bonchev–Trinajstić information content (AvgIpc) is 2.79. The number of esters is 1. The number of fused-ring (bicyclic) bond motifs is 1. The minimum Gasteiger partial charge on any atom is -0.482 e. The highest BCUT2D eigenvalue weighted by atomic mass is 32.2. The molecule has 1 aliphatic carbocycles. The highest BCUT2D eigenvalue weighted by Crippen LogP contribution is 2.42. The molecule has 0 aromatic heterocycles. The summed E-state index contributed by atoms with van der Waals surface area (Å²) in [5.41, 5.74) is -2.04. The third-order valence-corrected chi connectivity index (χ3v) is 7.90. The van der Waals surface area contributed by atoms with Crippen LogP contribution in [-0.4, -0.2) is 37.9 Å². The molecular formula is C26H30F5NO5S. The minimum atomic E-state index is -5.03. The van der Waals surface area contributed by atoms with Gasteiger partial charge in [-0.15, -0.1) is 0 Å². The van der Waals surface area contributed by atoms with Gasteiger partial charge in [-0.3, -0.25) is 0 Å². The smallest absolute Gasteiger partial charge is 0.416 e. The molecule has 1 unspecified atom stereocenters. The summed E-state index contributed by atoms with van der Waals surface area (Å²) < 4.78 is 107. The third kappa shape index (κ3) is 6.82. The van der Waals surface area contributed by atoms with Crippen LogP contribution >= 0.6 is 0 Å². The van der Waals surface area contributed by atoms with Gasteiger partial charge < -0.3 is 9.47 Å². The topological polar surface area (TPSA) is 72.9 Å². The summed E-state index contributed by atoms with van der Waals surface area (Å²) in [6.07, 6.45) is -3.65. The van der Waals surface area contributed by atoms with Crippen molar-refractivity contribution >= 4 is 16.0 Å². The van der Waals surface area contributed by atoms with Gasteiger partial charge in [-0.05, 0) is 75.4 Å². The largest absolute Gasteiger partial charge is 0.482 e. The number of nitrogens with zero attached hydrogens (tertiary/aromatic N) is 1. The summed E-state index contributed by atoms with van der Waals surface area (Å²) >= 11 is 0. The Morgan fingerprint density at radius 1 is 1.03 bits per heavy atom. The molecule has 0 N–H and O–H groups in total. The molecule has 0 fully saturated rings. The number of benzene rings is 2. The fourth-order valence-corrected chi connectivity index (χ4v) is 5.75. The first-order valence-electron chi connectivity index (χ1n) is 11.9. The van der Waals surface area contributed by atoms with E-state index in [2.05, 4.69) is 0 Å². The average molecular weight is 564 g/mol. The highest BCUT2D eigenvalue weighted by molar-refractivity contribution is 7.89. The molecule has 0 amide bonds. The van der Waals surface area contributed by atoms with Gasteiger partial charge in [-0.2, -0.15) is 17.5 Å². The van der Waals surface area contributed by atoms with Gasteiger partial charge in [0.25, 0.3) is 5.92 Å². The molecule has 0 heterocycles. The lowest BCUT2D eigenvalue weighted by atomic mass is 9.87. The van der Waals surface area contributed by atoms with Crippen LogP contribution in [0.4, 0.5) is 22.0 Å². The molecule has 0 spiro atoms. The maximum absolute atomic E-state index is 14.0. The molecule has 2 aromatic rings. The predicted octanol–water partition coefficient (Wildman–Crippen LogP) is 6.24. The Morgan fingerprint density at radius 2 is 1.66 bits per heavy atom. The normalized spacial score (nSPS) is 16.8. The molecule has 12 heteroatoms. The van der Waals surface area contributed by atoms with Crippen molar-refractivity contribution in [3.8, 4) is 5.75 Å². The van der Waals surface area contributed by atoms with Crippen molar-refractivity contribution in [2.45, 2.75) is 75.6 Å². The predicted molar refractivity (Wildman–Crippen MR) is 129 cm³/mol. The van der Waals surface area contributed by atoms with Crippen molar-refractivity contribution in [3.05, 3.63) is 58.7 Å². The Morgan fingerprint density at radius 3 is 2.24 bits per heavy atom.